The molecule has 150 valence electrons. The summed E-state index contributed by atoms with van der Waals surface area (Å²) in [5, 5.41) is 3.13. The zero-order chi connectivity index (χ0) is 19.9. The topological polar surface area (TPSA) is 92.8 Å². The second-order valence-electron chi connectivity index (χ2n) is 6.40. The summed E-state index contributed by atoms with van der Waals surface area (Å²) in [4.78, 5) is 21.3. The summed E-state index contributed by atoms with van der Waals surface area (Å²) < 4.78 is 41.9. The van der Waals surface area contributed by atoms with Crippen LogP contribution in [0.15, 0.2) is 23.3 Å². The third kappa shape index (κ3) is 6.95. The number of nitrogens with two attached hydrogens (primary N) is 1. The van der Waals surface area contributed by atoms with E-state index in [1.807, 2.05) is 4.90 Å². The molecule has 1 aliphatic rings. The number of nitrogens with zero attached hydrogens (tertiary/aromatic N) is 3. The molecule has 2 rings (SSSR count). The largest absolute Gasteiger partial charge is 0.468 e. The molecule has 1 aromatic heterocycles. The number of primary amides is 1. The number of piperidine rings is 1. The first-order valence-electron chi connectivity index (χ1n) is 8.66. The molecule has 0 aromatic carbocycles. The van der Waals surface area contributed by atoms with Crippen molar-refractivity contribution >= 4 is 11.9 Å². The van der Waals surface area contributed by atoms with Crippen LogP contribution in [-0.2, 0) is 11.3 Å². The van der Waals surface area contributed by atoms with E-state index >= 15 is 0 Å². The zero-order valence-electron chi connectivity index (χ0n) is 15.1. The van der Waals surface area contributed by atoms with E-state index in [-0.39, 0.29) is 24.2 Å². The van der Waals surface area contributed by atoms with E-state index in [9.17, 15) is 18.0 Å². The maximum absolute atomic E-state index is 12.4. The SMILES string of the molecule is CN=C(NCc1cccnc1OCC(F)(F)F)N1CCCC(CC(N)=O)C1. The first-order valence-corrected chi connectivity index (χ1v) is 8.66. The number of hydrogen-bond acceptors (Lipinski definition) is 4. The van der Waals surface area contributed by atoms with E-state index in [4.69, 9.17) is 10.5 Å². The summed E-state index contributed by atoms with van der Waals surface area (Å²) in [6.45, 7) is 0.240. The Hall–Kier alpha value is -2.52. The fourth-order valence-corrected chi connectivity index (χ4v) is 3.05. The quantitative estimate of drug-likeness (QED) is 0.572. The lowest BCUT2D eigenvalue weighted by molar-refractivity contribution is -0.154. The van der Waals surface area contributed by atoms with Crippen LogP contribution in [0.1, 0.15) is 24.8 Å². The Bertz CT molecular complexity index is 666. The Morgan fingerprint density at radius 2 is 2.30 bits per heavy atom. The Morgan fingerprint density at radius 3 is 2.96 bits per heavy atom. The number of nitrogens with one attached hydrogen (secondary N) is 1. The van der Waals surface area contributed by atoms with Crippen LogP contribution in [0.25, 0.3) is 0 Å². The maximum atomic E-state index is 12.4. The van der Waals surface area contributed by atoms with Crippen LogP contribution in [-0.4, -0.2) is 54.7 Å². The number of aliphatic imine (C=N–C) groups is 1. The minimum absolute atomic E-state index is 0.0666. The normalized spacial score (nSPS) is 18.3. The van der Waals surface area contributed by atoms with Crippen LogP contribution in [0.4, 0.5) is 13.2 Å². The van der Waals surface area contributed by atoms with Gasteiger partial charge in [0.05, 0.1) is 0 Å². The van der Waals surface area contributed by atoms with Crippen LogP contribution < -0.4 is 15.8 Å². The lowest BCUT2D eigenvalue weighted by atomic mass is 9.95. The molecule has 1 amide bonds. The number of halogens is 3. The fourth-order valence-electron chi connectivity index (χ4n) is 3.05. The van der Waals surface area contributed by atoms with Gasteiger partial charge in [-0.1, -0.05) is 6.07 Å². The molecule has 3 N–H and O–H groups in total. The van der Waals surface area contributed by atoms with Gasteiger partial charge in [0.2, 0.25) is 11.8 Å². The average Bonchev–Trinajstić information content (AvgIpc) is 2.60. The summed E-state index contributed by atoms with van der Waals surface area (Å²) >= 11 is 0. The summed E-state index contributed by atoms with van der Waals surface area (Å²) in [5.41, 5.74) is 5.78. The molecule has 1 saturated heterocycles. The molecule has 0 spiro atoms. The molecule has 1 atom stereocenters. The number of guanidine groups is 1. The summed E-state index contributed by atoms with van der Waals surface area (Å²) in [6, 6.07) is 3.27. The van der Waals surface area contributed by atoms with E-state index in [1.165, 1.54) is 6.20 Å². The average molecular weight is 387 g/mol. The number of pyridine rings is 1. The number of alkyl halides is 3. The second kappa shape index (κ2) is 9.43. The van der Waals surface area contributed by atoms with Crippen molar-refractivity contribution in [3.05, 3.63) is 23.9 Å². The molecule has 0 aliphatic carbocycles. The molecular formula is C17H24F3N5O2. The van der Waals surface area contributed by atoms with Crippen LogP contribution in [0.5, 0.6) is 5.88 Å². The highest BCUT2D eigenvalue weighted by atomic mass is 19.4. The third-order valence-electron chi connectivity index (χ3n) is 4.18. The second-order valence-corrected chi connectivity index (χ2v) is 6.40. The lowest BCUT2D eigenvalue weighted by Gasteiger charge is -2.34. The van der Waals surface area contributed by atoms with Crippen molar-refractivity contribution in [2.75, 3.05) is 26.7 Å². The van der Waals surface area contributed by atoms with Crippen LogP contribution in [0, 0.1) is 5.92 Å². The molecule has 2 heterocycles. The van der Waals surface area contributed by atoms with Gasteiger partial charge < -0.3 is 20.7 Å². The zero-order valence-corrected chi connectivity index (χ0v) is 15.1. The van der Waals surface area contributed by atoms with E-state index in [1.54, 1.807) is 19.2 Å². The van der Waals surface area contributed by atoms with E-state index in [0.29, 0.717) is 24.5 Å². The molecule has 1 aliphatic heterocycles. The van der Waals surface area contributed by atoms with Gasteiger partial charge in [-0.3, -0.25) is 9.79 Å². The number of ether oxygens (including phenoxy) is 1. The minimum Gasteiger partial charge on any atom is -0.468 e. The van der Waals surface area contributed by atoms with E-state index < -0.39 is 12.8 Å². The molecule has 0 radical (unpaired) electrons. The van der Waals surface area contributed by atoms with E-state index in [2.05, 4.69) is 15.3 Å². The third-order valence-corrected chi connectivity index (χ3v) is 4.18. The molecule has 1 unspecified atom stereocenters. The number of carbonyl (C=O) groups is 1. The first kappa shape index (κ1) is 20.8. The number of rotatable bonds is 6. The number of aromatic nitrogens is 1. The monoisotopic (exact) mass is 387 g/mol. The number of amides is 1. The smallest absolute Gasteiger partial charge is 0.422 e. The predicted octanol–water partition coefficient (Wildman–Crippen LogP) is 1.69. The molecule has 1 fully saturated rings. The highest BCUT2D eigenvalue weighted by molar-refractivity contribution is 5.80. The summed E-state index contributed by atoms with van der Waals surface area (Å²) in [5.74, 6) is 0.378. The van der Waals surface area contributed by atoms with Crippen LogP contribution in [0.3, 0.4) is 0 Å². The summed E-state index contributed by atoms with van der Waals surface area (Å²) in [7, 11) is 1.63. The molecule has 1 aromatic rings. The predicted molar refractivity (Wildman–Crippen MR) is 94.1 cm³/mol. The number of hydrogen-bond donors (Lipinski definition) is 2. The van der Waals surface area contributed by atoms with Gasteiger partial charge in [0, 0.05) is 44.9 Å². The van der Waals surface area contributed by atoms with Gasteiger partial charge in [0.25, 0.3) is 0 Å². The fraction of sp³-hybridized carbons (Fsp3) is 0.588. The van der Waals surface area contributed by atoms with Crippen molar-refractivity contribution in [2.45, 2.75) is 32.0 Å². The Kier molecular flexibility index (Phi) is 7.26. The van der Waals surface area contributed by atoms with Crippen molar-refractivity contribution in [3.63, 3.8) is 0 Å². The number of likely N-dealkylation sites (tertiary alicyclic amines) is 1. The van der Waals surface area contributed by atoms with Crippen molar-refractivity contribution in [1.29, 1.82) is 0 Å². The Labute approximate surface area is 155 Å². The molecular weight excluding hydrogens is 363 g/mol. The molecule has 0 bridgehead atoms. The van der Waals surface area contributed by atoms with Gasteiger partial charge in [-0.25, -0.2) is 4.98 Å². The number of carbonyl (C=O) groups excluding carboxylic acids is 1. The molecule has 0 saturated carbocycles. The van der Waals surface area contributed by atoms with Crippen molar-refractivity contribution in [2.24, 2.45) is 16.6 Å². The minimum atomic E-state index is -4.43. The van der Waals surface area contributed by atoms with Gasteiger partial charge in [0.15, 0.2) is 12.6 Å². The van der Waals surface area contributed by atoms with Gasteiger partial charge in [0.1, 0.15) is 0 Å². The van der Waals surface area contributed by atoms with Crippen molar-refractivity contribution < 1.29 is 22.7 Å². The van der Waals surface area contributed by atoms with Gasteiger partial charge in [-0.05, 0) is 24.8 Å². The van der Waals surface area contributed by atoms with Gasteiger partial charge >= 0.3 is 6.18 Å². The Morgan fingerprint density at radius 1 is 1.52 bits per heavy atom. The standard InChI is InChI=1S/C17H24F3N5O2/c1-22-16(25-7-3-4-12(10-25)8-14(21)26)24-9-13-5-2-6-23-15(13)27-11-17(18,19)20/h2,5-6,12H,3-4,7-11H2,1H3,(H2,21,26)(H,22,24). The lowest BCUT2D eigenvalue weighted by Crippen LogP contribution is -2.47. The van der Waals surface area contributed by atoms with Crippen molar-refractivity contribution in [3.8, 4) is 5.88 Å². The maximum Gasteiger partial charge on any atom is 0.422 e. The van der Waals surface area contributed by atoms with Gasteiger partial charge in [-0.2, -0.15) is 13.2 Å². The van der Waals surface area contributed by atoms with Crippen LogP contribution >= 0.6 is 0 Å². The molecule has 7 nitrogen and oxygen atoms in total. The molecule has 27 heavy (non-hydrogen) atoms. The van der Waals surface area contributed by atoms with Gasteiger partial charge in [-0.15, -0.1) is 0 Å². The van der Waals surface area contributed by atoms with Crippen molar-refractivity contribution in [1.82, 2.24) is 15.2 Å². The highest BCUT2D eigenvalue weighted by Crippen LogP contribution is 2.21. The van der Waals surface area contributed by atoms with Crippen LogP contribution in [0.2, 0.25) is 0 Å². The molecule has 10 heteroatoms. The van der Waals surface area contributed by atoms with E-state index in [0.717, 1.165) is 19.4 Å². The Balaban J connectivity index is 1.97. The highest BCUT2D eigenvalue weighted by Gasteiger charge is 2.29. The first-order chi connectivity index (χ1) is 12.8. The summed E-state index contributed by atoms with van der Waals surface area (Å²) in [6.07, 6.45) is -0.893.